The van der Waals surface area contributed by atoms with Crippen molar-refractivity contribution in [1.82, 2.24) is 9.78 Å². The maximum absolute atomic E-state index is 13.7. The highest BCUT2D eigenvalue weighted by Crippen LogP contribution is 2.26. The molecule has 0 N–H and O–H groups in total. The summed E-state index contributed by atoms with van der Waals surface area (Å²) in [5, 5.41) is 4.68. The lowest BCUT2D eigenvalue weighted by atomic mass is 10.1. The van der Waals surface area contributed by atoms with Crippen LogP contribution in [0.5, 0.6) is 5.75 Å². The van der Waals surface area contributed by atoms with E-state index in [-0.39, 0.29) is 5.56 Å². The van der Waals surface area contributed by atoms with Gasteiger partial charge in [-0.25, -0.2) is 13.9 Å². The molecule has 4 rings (SSSR count). The molecule has 6 nitrogen and oxygen atoms in total. The molecule has 170 valence electrons. The van der Waals surface area contributed by atoms with Gasteiger partial charge >= 0.3 is 5.97 Å². The van der Waals surface area contributed by atoms with Crippen molar-refractivity contribution >= 4 is 17.8 Å². The summed E-state index contributed by atoms with van der Waals surface area (Å²) in [5.74, 6) is -1.28. The Morgan fingerprint density at radius 1 is 0.971 bits per heavy atom. The fourth-order valence-electron chi connectivity index (χ4n) is 3.30. The van der Waals surface area contributed by atoms with Crippen LogP contribution >= 0.6 is 0 Å². The van der Waals surface area contributed by atoms with Gasteiger partial charge < -0.3 is 9.47 Å². The minimum Gasteiger partial charge on any atom is -0.497 e. The van der Waals surface area contributed by atoms with E-state index in [0.717, 1.165) is 11.3 Å². The molecule has 34 heavy (non-hydrogen) atoms. The predicted molar refractivity (Wildman–Crippen MR) is 126 cm³/mol. The predicted octanol–water partition coefficient (Wildman–Crippen LogP) is 5.13. The van der Waals surface area contributed by atoms with Crippen LogP contribution in [0.4, 0.5) is 4.39 Å². The minimum absolute atomic E-state index is 0.120. The molecule has 0 spiro atoms. The van der Waals surface area contributed by atoms with Crippen molar-refractivity contribution < 1.29 is 23.5 Å². The van der Waals surface area contributed by atoms with E-state index in [0.29, 0.717) is 17.0 Å². The van der Waals surface area contributed by atoms with Crippen LogP contribution in [0.1, 0.15) is 15.9 Å². The van der Waals surface area contributed by atoms with Crippen molar-refractivity contribution in [3.63, 3.8) is 0 Å². The Labute approximate surface area is 195 Å². The Kier molecular flexibility index (Phi) is 6.93. The number of para-hydroxylation sites is 1. The lowest BCUT2D eigenvalue weighted by Crippen LogP contribution is -2.13. The molecule has 7 heteroatoms. The molecule has 4 aromatic rings. The summed E-state index contributed by atoms with van der Waals surface area (Å²) >= 11 is 0. The number of methoxy groups -OCH3 is 1. The molecule has 0 saturated heterocycles. The second kappa shape index (κ2) is 10.4. The number of esters is 1. The van der Waals surface area contributed by atoms with Crippen molar-refractivity contribution in [1.29, 1.82) is 0 Å². The molecule has 0 radical (unpaired) electrons. The van der Waals surface area contributed by atoms with Crippen LogP contribution in [0.25, 0.3) is 23.0 Å². The van der Waals surface area contributed by atoms with Crippen molar-refractivity contribution in [2.24, 2.45) is 0 Å². The molecular formula is C27H21FN2O4. The summed E-state index contributed by atoms with van der Waals surface area (Å²) in [6, 6.07) is 22.5. The van der Waals surface area contributed by atoms with Crippen molar-refractivity contribution in [3.05, 3.63) is 108 Å². The number of benzene rings is 3. The smallest absolute Gasteiger partial charge is 0.331 e. The van der Waals surface area contributed by atoms with Gasteiger partial charge in [-0.1, -0.05) is 30.3 Å². The summed E-state index contributed by atoms with van der Waals surface area (Å²) in [7, 11) is 1.59. The maximum Gasteiger partial charge on any atom is 0.331 e. The number of ketones is 1. The Bertz CT molecular complexity index is 1330. The number of carbonyl (C=O) groups is 2. The number of nitrogens with zero attached hydrogens (tertiary/aromatic N) is 2. The molecule has 1 heterocycles. The Morgan fingerprint density at radius 3 is 2.38 bits per heavy atom. The highest BCUT2D eigenvalue weighted by atomic mass is 19.1. The fourth-order valence-corrected chi connectivity index (χ4v) is 3.30. The van der Waals surface area contributed by atoms with Crippen LogP contribution < -0.4 is 4.74 Å². The number of rotatable bonds is 8. The number of halogens is 1. The van der Waals surface area contributed by atoms with E-state index < -0.39 is 24.2 Å². The highest BCUT2D eigenvalue weighted by molar-refractivity contribution is 5.99. The number of hydrogen-bond acceptors (Lipinski definition) is 5. The van der Waals surface area contributed by atoms with Crippen LogP contribution in [-0.4, -0.2) is 35.2 Å². The maximum atomic E-state index is 13.7. The summed E-state index contributed by atoms with van der Waals surface area (Å²) in [5.41, 5.74) is 2.89. The van der Waals surface area contributed by atoms with Gasteiger partial charge in [-0.3, -0.25) is 4.79 Å². The van der Waals surface area contributed by atoms with Crippen LogP contribution in [-0.2, 0) is 9.53 Å². The fraction of sp³-hybridized carbons (Fsp3) is 0.0741. The van der Waals surface area contributed by atoms with Gasteiger partial charge in [0.2, 0.25) is 5.78 Å². The third kappa shape index (κ3) is 5.27. The van der Waals surface area contributed by atoms with Crippen molar-refractivity contribution in [3.8, 4) is 22.7 Å². The Morgan fingerprint density at radius 2 is 1.68 bits per heavy atom. The van der Waals surface area contributed by atoms with E-state index in [9.17, 15) is 14.0 Å². The number of Topliss-reactive ketones (excluding diaryl/α,β-unsaturated/α-hetero) is 1. The molecule has 1 aromatic heterocycles. The number of ether oxygens (including phenoxy) is 2. The van der Waals surface area contributed by atoms with E-state index >= 15 is 0 Å². The molecule has 0 amide bonds. The largest absolute Gasteiger partial charge is 0.497 e. The third-order valence-electron chi connectivity index (χ3n) is 5.05. The van der Waals surface area contributed by atoms with Gasteiger partial charge in [0.25, 0.3) is 0 Å². The summed E-state index contributed by atoms with van der Waals surface area (Å²) < 4.78 is 25.7. The van der Waals surface area contributed by atoms with Crippen molar-refractivity contribution in [2.45, 2.75) is 0 Å². The molecular weight excluding hydrogens is 435 g/mol. The number of aromatic nitrogens is 2. The summed E-state index contributed by atoms with van der Waals surface area (Å²) in [4.78, 5) is 24.4. The molecule has 0 unspecified atom stereocenters. The van der Waals surface area contributed by atoms with Gasteiger partial charge in [-0.2, -0.15) is 5.10 Å². The lowest BCUT2D eigenvalue weighted by Gasteiger charge is -2.03. The number of hydrogen-bond donors (Lipinski definition) is 0. The molecule has 0 aliphatic carbocycles. The first-order chi connectivity index (χ1) is 16.5. The van der Waals surface area contributed by atoms with E-state index in [1.165, 1.54) is 24.3 Å². The van der Waals surface area contributed by atoms with Crippen LogP contribution in [0.2, 0.25) is 0 Å². The standard InChI is InChI=1S/C27H21FN2O4/c1-33-22-14-11-19(12-15-22)27-20(17-30(29-27)21-7-3-2-4-8-21)13-16-26(32)34-18-25(31)23-9-5-6-10-24(23)28/h2-17H,18H2,1H3. The molecule has 0 aliphatic rings. The Hall–Kier alpha value is -4.52. The van der Waals surface area contributed by atoms with Crippen LogP contribution in [0.3, 0.4) is 0 Å². The molecule has 3 aromatic carbocycles. The molecule has 0 saturated carbocycles. The van der Waals surface area contributed by atoms with E-state index in [4.69, 9.17) is 9.47 Å². The summed E-state index contributed by atoms with van der Waals surface area (Å²) in [6.07, 6.45) is 4.58. The second-order valence-corrected chi connectivity index (χ2v) is 7.29. The van der Waals surface area contributed by atoms with Gasteiger partial charge in [-0.05, 0) is 54.6 Å². The normalized spacial score (nSPS) is 10.9. The van der Waals surface area contributed by atoms with E-state index in [1.54, 1.807) is 30.1 Å². The molecule has 0 bridgehead atoms. The van der Waals surface area contributed by atoms with Crippen LogP contribution in [0, 0.1) is 5.82 Å². The Balaban J connectivity index is 1.54. The zero-order valence-corrected chi connectivity index (χ0v) is 18.4. The second-order valence-electron chi connectivity index (χ2n) is 7.29. The topological polar surface area (TPSA) is 70.4 Å². The molecule has 0 aliphatic heterocycles. The monoisotopic (exact) mass is 456 g/mol. The first-order valence-corrected chi connectivity index (χ1v) is 10.5. The number of carbonyl (C=O) groups excluding carboxylic acids is 2. The minimum atomic E-state index is -0.724. The third-order valence-corrected chi connectivity index (χ3v) is 5.05. The van der Waals surface area contributed by atoms with Gasteiger partial charge in [-0.15, -0.1) is 0 Å². The van der Waals surface area contributed by atoms with Crippen LogP contribution in [0.15, 0.2) is 91.1 Å². The van der Waals surface area contributed by atoms with E-state index in [2.05, 4.69) is 5.10 Å². The SMILES string of the molecule is COc1ccc(-c2nn(-c3ccccc3)cc2C=CC(=O)OCC(=O)c2ccccc2F)cc1. The molecule has 0 fully saturated rings. The van der Waals surface area contributed by atoms with Gasteiger partial charge in [0.1, 0.15) is 11.6 Å². The quantitative estimate of drug-likeness (QED) is 0.209. The lowest BCUT2D eigenvalue weighted by molar-refractivity contribution is -0.136. The first-order valence-electron chi connectivity index (χ1n) is 10.5. The van der Waals surface area contributed by atoms with Gasteiger partial charge in [0.05, 0.1) is 24.1 Å². The first kappa shape index (κ1) is 22.7. The summed E-state index contributed by atoms with van der Waals surface area (Å²) in [6.45, 7) is -0.557. The average molecular weight is 456 g/mol. The van der Waals surface area contributed by atoms with Gasteiger partial charge in [0.15, 0.2) is 6.61 Å². The zero-order chi connectivity index (χ0) is 23.9. The van der Waals surface area contributed by atoms with Crippen molar-refractivity contribution in [2.75, 3.05) is 13.7 Å². The van der Waals surface area contributed by atoms with Gasteiger partial charge in [0, 0.05) is 23.4 Å². The zero-order valence-electron chi connectivity index (χ0n) is 18.4. The highest BCUT2D eigenvalue weighted by Gasteiger charge is 2.14. The average Bonchev–Trinajstić information content (AvgIpc) is 3.31. The van der Waals surface area contributed by atoms with E-state index in [1.807, 2.05) is 54.6 Å². The molecule has 0 atom stereocenters.